The fraction of sp³-hybridized carbons (Fsp3) is 0.628. The Labute approximate surface area is 781 Å². The van der Waals surface area contributed by atoms with Crippen LogP contribution in [0.2, 0.25) is 5.28 Å². The van der Waals surface area contributed by atoms with E-state index in [9.17, 15) is 38.4 Å². The molecule has 44 heteroatoms. The van der Waals surface area contributed by atoms with Crippen molar-refractivity contribution in [2.24, 2.45) is 0 Å². The Morgan fingerprint density at radius 2 is 0.731 bits per heavy atom. The van der Waals surface area contributed by atoms with E-state index in [0.717, 1.165) is 54.6 Å². The summed E-state index contributed by atoms with van der Waals surface area (Å²) in [4.78, 5) is 170. The number of likely N-dealkylation sites (N-methyl/N-ethyl adjacent to an activating group) is 3. The normalized spacial score (nSPS) is 15.2. The molecule has 130 heavy (non-hydrogen) atoms. The minimum absolute atomic E-state index is 0. The molecule has 0 radical (unpaired) electrons. The third-order valence-electron chi connectivity index (χ3n) is 17.9. The first kappa shape index (κ1) is 113. The molecule has 9 heterocycles. The van der Waals surface area contributed by atoms with Gasteiger partial charge in [-0.25, -0.2) is 108 Å². The van der Waals surface area contributed by atoms with Crippen LogP contribution in [-0.2, 0) is 52.8 Å². The topological polar surface area (TPSA) is 466 Å². The second kappa shape index (κ2) is 53.6. The molecule has 716 valence electrons. The van der Waals surface area contributed by atoms with Gasteiger partial charge in [0.2, 0.25) is 35.0 Å². The van der Waals surface area contributed by atoms with Crippen LogP contribution in [0.4, 0.5) is 53.7 Å². The van der Waals surface area contributed by atoms with Crippen molar-refractivity contribution < 1.29 is 101 Å². The molecule has 3 fully saturated rings. The number of alkyl carbamates (subject to hydrolysis) is 1. The van der Waals surface area contributed by atoms with Crippen LogP contribution in [0, 0.1) is 0 Å². The Hall–Kier alpha value is -10.7. The van der Waals surface area contributed by atoms with Gasteiger partial charge in [-0.15, -0.1) is 0 Å². The molecule has 6 aromatic rings. The Balaban J connectivity index is 0.000000455. The van der Waals surface area contributed by atoms with Gasteiger partial charge in [0.05, 0.1) is 55.1 Å². The number of carboxylic acid groups (broad SMARTS) is 1. The van der Waals surface area contributed by atoms with Crippen LogP contribution in [0.3, 0.4) is 0 Å². The second-order valence-electron chi connectivity index (χ2n) is 35.7. The van der Waals surface area contributed by atoms with Gasteiger partial charge >= 0.3 is 67.2 Å². The molecular weight excluding hydrogens is 1700 g/mol. The molecule has 0 saturated carbocycles. The Morgan fingerprint density at radius 1 is 0.423 bits per heavy atom. The van der Waals surface area contributed by atoms with Gasteiger partial charge in [-0.1, -0.05) is 20.8 Å². The molecule has 0 aromatic carbocycles. The molecule has 6 aromatic heterocycles. The third kappa shape index (κ3) is 41.6. The summed E-state index contributed by atoms with van der Waals surface area (Å²) < 4.78 is 36.7. The van der Waals surface area contributed by atoms with Crippen LogP contribution in [0.25, 0.3) is 0 Å². The van der Waals surface area contributed by atoms with E-state index in [4.69, 9.17) is 49.9 Å². The van der Waals surface area contributed by atoms with Crippen LogP contribution >= 0.6 is 11.6 Å². The standard InChI is InChI=1S/C29H44N8O6.C22H32N8O4.C22H38N6O4.C7H7ClN2O2.C6H15N.Li.H2O/c1-10-41-23(38)21-15-32-25(33-16-21)36-12-11-35(19-22(36)18-34(8)9)24-30-13-20(14-31-24)17-37(26(39)42-28(2,3)4)27(40)43-29(5,6)7;1-22(2,3)34-21(33)27-10-15-8-23-19(24-9-15)29-6-7-30(17(14-29)13-28(4)5)20-25-11-16(12-26-20)18(31)32;1-21(2,3)31-19(29)28(20(30)32-22(4,5)6)13-16-11-24-18(25-12-16)27-10-9-23-17(15-27)14-26(7)8;1-2-12-6(11)5-3-9-7(8)10-4-5;1-4-7(5-2)6-3;;/h13-16,22H,10-12,17-19H2,1-9H3;8-9,11-12,17H,6-7,10,13-14H2,1-5H3,(H,27,33)(H,31,32);11-12,17,23H,9-10,13-15H2,1-8H3;3-4H,2H2,1H3;4-6H2,1-3H3;;1H2/q;;;;;+1;/p-1/t22-;2*17-;;;;/m000..../s1. The number of rotatable bonds is 25. The van der Waals surface area contributed by atoms with Crippen LogP contribution < -0.4 is 54.0 Å². The molecule has 4 N–H and O–H groups in total. The van der Waals surface area contributed by atoms with Crippen molar-refractivity contribution in [3.63, 3.8) is 0 Å². The number of amides is 5. The number of anilines is 5. The smallest absolute Gasteiger partial charge is 0.870 e. The molecule has 0 bridgehead atoms. The van der Waals surface area contributed by atoms with E-state index in [-0.39, 0.29) is 73.5 Å². The number of carbonyl (C=O) groups is 8. The van der Waals surface area contributed by atoms with Crippen molar-refractivity contribution >= 4 is 89.7 Å². The number of hydrogen-bond donors (Lipinski definition) is 3. The Kier molecular flexibility index (Phi) is 46.8. The fourth-order valence-corrected chi connectivity index (χ4v) is 12.4. The number of halogens is 1. The van der Waals surface area contributed by atoms with Crippen molar-refractivity contribution in [1.29, 1.82) is 0 Å². The van der Waals surface area contributed by atoms with Crippen molar-refractivity contribution in [2.45, 2.75) is 204 Å². The molecule has 0 aliphatic carbocycles. The number of ether oxygens (including phenoxy) is 7. The SMILES string of the molecule is CCN(CC)CC.CCOC(=O)c1cnc(Cl)nc1.CCOC(=O)c1cnc(N2CCN(c3ncc(CN(C(=O)OC(C)(C)C)C(=O)OC(C)(C)C)cn3)C[C@@H]2CN(C)C)nc1.CN(C)C[C@H]1CN(c2ncc(CN(C(=O)OC(C)(C)C)C(=O)OC(C)(C)C)cn2)CCN1.CN(C)C[C@H]1CN(c2ncc(CNC(=O)OC(C)(C)C)cn2)CCN1c1ncc(C(=O)O)cn1.[Li+].[OH-]. The summed E-state index contributed by atoms with van der Waals surface area (Å²) in [5, 5.41) is 15.4. The molecule has 0 unspecified atom stereocenters. The summed E-state index contributed by atoms with van der Waals surface area (Å²) >= 11 is 5.42. The van der Waals surface area contributed by atoms with Gasteiger partial charge in [0.15, 0.2) is 0 Å². The zero-order valence-electron chi connectivity index (χ0n) is 81.0. The van der Waals surface area contributed by atoms with E-state index in [1.54, 1.807) is 134 Å². The number of carbonyl (C=O) groups excluding carboxylic acids is 7. The summed E-state index contributed by atoms with van der Waals surface area (Å²) in [5.74, 6) is 0.835. The van der Waals surface area contributed by atoms with Crippen LogP contribution in [-0.4, -0.2) is 348 Å². The molecule has 3 atom stereocenters. The molecular formula is C86H137ClLiN25O17. The van der Waals surface area contributed by atoms with Gasteiger partial charge < -0.3 is 98.5 Å². The van der Waals surface area contributed by atoms with Crippen LogP contribution in [0.1, 0.15) is 186 Å². The summed E-state index contributed by atoms with van der Waals surface area (Å²) in [7, 11) is 12.1. The van der Waals surface area contributed by atoms with Gasteiger partial charge in [0.1, 0.15) is 28.0 Å². The number of imide groups is 2. The maximum Gasteiger partial charge on any atom is 1.00 e. The first-order chi connectivity index (χ1) is 59.9. The van der Waals surface area contributed by atoms with Gasteiger partial charge in [-0.05, 0) is 191 Å². The first-order valence-corrected chi connectivity index (χ1v) is 43.0. The largest absolute Gasteiger partial charge is 1.00 e. The van der Waals surface area contributed by atoms with E-state index in [2.05, 4.69) is 135 Å². The van der Waals surface area contributed by atoms with Crippen molar-refractivity contribution in [3.8, 4) is 0 Å². The van der Waals surface area contributed by atoms with Gasteiger partial charge in [-0.2, -0.15) is 0 Å². The fourth-order valence-electron chi connectivity index (χ4n) is 12.3. The Bertz CT molecular complexity index is 4370. The predicted octanol–water partition coefficient (Wildman–Crippen LogP) is 6.59. The van der Waals surface area contributed by atoms with E-state index in [1.807, 2.05) is 63.1 Å². The minimum atomic E-state index is -1.05. The summed E-state index contributed by atoms with van der Waals surface area (Å²) in [6.45, 7) is 49.2. The number of nitrogens with one attached hydrogen (secondary N) is 2. The average molecular weight is 1840 g/mol. The molecule has 0 spiro atoms. The number of piperazine rings is 3. The van der Waals surface area contributed by atoms with Gasteiger partial charge in [0.25, 0.3) is 0 Å². The molecule has 3 saturated heterocycles. The van der Waals surface area contributed by atoms with Crippen molar-refractivity contribution in [2.75, 3.05) is 178 Å². The maximum atomic E-state index is 12.9. The quantitative estimate of drug-likeness (QED) is 0.0235. The van der Waals surface area contributed by atoms with E-state index < -0.39 is 76.4 Å². The Morgan fingerprint density at radius 3 is 1.03 bits per heavy atom. The van der Waals surface area contributed by atoms with Gasteiger partial charge in [-0.3, -0.25) is 0 Å². The number of carboxylic acids is 1. The molecule has 3 aliphatic heterocycles. The summed E-state index contributed by atoms with van der Waals surface area (Å²) in [6, 6.07) is 0.392. The van der Waals surface area contributed by atoms with E-state index in [1.165, 1.54) is 56.8 Å². The minimum Gasteiger partial charge on any atom is -0.870 e. The number of aromatic carboxylic acids is 1. The average Bonchev–Trinajstić information content (AvgIpc) is 0.804. The summed E-state index contributed by atoms with van der Waals surface area (Å²) in [5.41, 5.74) is -1.06. The molecule has 5 amide bonds. The third-order valence-corrected chi connectivity index (χ3v) is 18.1. The van der Waals surface area contributed by atoms with Crippen LogP contribution in [0.5, 0.6) is 0 Å². The molecule has 9 rings (SSSR count). The van der Waals surface area contributed by atoms with Crippen molar-refractivity contribution in [3.05, 3.63) is 113 Å². The number of esters is 2. The number of aromatic nitrogens is 12. The maximum absolute atomic E-state index is 12.9. The predicted molar refractivity (Wildman–Crippen MR) is 487 cm³/mol. The number of nitrogens with zero attached hydrogens (tertiary/aromatic N) is 23. The van der Waals surface area contributed by atoms with Crippen LogP contribution in [0.15, 0.2) is 74.4 Å². The molecule has 3 aliphatic rings. The first-order valence-electron chi connectivity index (χ1n) is 42.6. The zero-order valence-corrected chi connectivity index (χ0v) is 81.7. The van der Waals surface area contributed by atoms with Gasteiger partial charge in [0, 0.05) is 182 Å². The summed E-state index contributed by atoms with van der Waals surface area (Å²) in [6.07, 6.45) is 14.5. The monoisotopic (exact) mass is 1830 g/mol. The molecule has 42 nitrogen and oxygen atoms in total. The van der Waals surface area contributed by atoms with E-state index >= 15 is 0 Å². The second-order valence-corrected chi connectivity index (χ2v) is 36.1. The zero-order chi connectivity index (χ0) is 95.6. The van der Waals surface area contributed by atoms with Crippen molar-refractivity contribution in [1.82, 2.24) is 99.8 Å². The van der Waals surface area contributed by atoms with E-state index in [0.29, 0.717) is 104 Å². The number of hydrogen-bond acceptors (Lipinski definition) is 38.